The van der Waals surface area contributed by atoms with E-state index in [9.17, 15) is 19.2 Å². The molecule has 0 unspecified atom stereocenters. The van der Waals surface area contributed by atoms with E-state index in [4.69, 9.17) is 9.47 Å². The van der Waals surface area contributed by atoms with Gasteiger partial charge in [-0.15, -0.1) is 0 Å². The zero-order valence-electron chi connectivity index (χ0n) is 15.8. The fourth-order valence-corrected chi connectivity index (χ4v) is 2.92. The number of amides is 6. The van der Waals surface area contributed by atoms with Crippen LogP contribution in [-0.4, -0.2) is 48.2 Å². The molecule has 0 aliphatic carbocycles. The number of carbonyl (C=O) groups is 4. The van der Waals surface area contributed by atoms with Crippen LogP contribution in [-0.2, 0) is 15.1 Å². The Hall–Kier alpha value is -3.30. The zero-order valence-corrected chi connectivity index (χ0v) is 15.8. The molecule has 3 rings (SSSR count). The van der Waals surface area contributed by atoms with Gasteiger partial charge in [0.05, 0.1) is 0 Å². The van der Waals surface area contributed by atoms with Gasteiger partial charge in [0.1, 0.15) is 12.1 Å². The Kier molecular flexibility index (Phi) is 5.12. The monoisotopic (exact) mass is 390 g/mol. The lowest BCUT2D eigenvalue weighted by molar-refractivity contribution is -0.134. The number of urea groups is 2. The van der Waals surface area contributed by atoms with Crippen molar-refractivity contribution in [1.82, 2.24) is 20.9 Å². The fourth-order valence-electron chi connectivity index (χ4n) is 2.92. The summed E-state index contributed by atoms with van der Waals surface area (Å²) in [7, 11) is 0. The van der Waals surface area contributed by atoms with Gasteiger partial charge >= 0.3 is 12.1 Å². The van der Waals surface area contributed by atoms with Gasteiger partial charge in [-0.2, -0.15) is 0 Å². The quantitative estimate of drug-likeness (QED) is 0.639. The van der Waals surface area contributed by atoms with Crippen molar-refractivity contribution in [3.8, 4) is 11.5 Å². The van der Waals surface area contributed by atoms with E-state index in [-0.39, 0.29) is 12.8 Å². The zero-order chi connectivity index (χ0) is 20.5. The van der Waals surface area contributed by atoms with Crippen molar-refractivity contribution in [2.24, 2.45) is 0 Å². The maximum absolute atomic E-state index is 12.9. The van der Waals surface area contributed by atoms with E-state index in [2.05, 4.69) is 16.0 Å². The largest absolute Gasteiger partial charge is 0.454 e. The molecule has 1 aromatic rings. The van der Waals surface area contributed by atoms with Crippen LogP contribution in [0.2, 0.25) is 0 Å². The molecule has 0 aromatic heterocycles. The average molecular weight is 390 g/mol. The Morgan fingerprint density at radius 3 is 2.71 bits per heavy atom. The SMILES string of the molecule is CC[C@@H](C)NC(=O)NC(=O)CN1C(=O)N[C@](C)(c2ccc3c(c2)OCO3)C1=O. The lowest BCUT2D eigenvalue weighted by Gasteiger charge is -2.22. The number of hydrogen-bond donors (Lipinski definition) is 3. The molecule has 1 aromatic carbocycles. The first-order chi connectivity index (χ1) is 13.2. The number of nitrogens with one attached hydrogen (secondary N) is 3. The third-order valence-electron chi connectivity index (χ3n) is 4.77. The van der Waals surface area contributed by atoms with E-state index in [0.29, 0.717) is 23.5 Å². The second-order valence-electron chi connectivity index (χ2n) is 6.85. The minimum absolute atomic E-state index is 0.0841. The summed E-state index contributed by atoms with van der Waals surface area (Å²) in [6.45, 7) is 4.73. The Labute approximate surface area is 161 Å². The van der Waals surface area contributed by atoms with Gasteiger partial charge in [-0.1, -0.05) is 13.0 Å². The average Bonchev–Trinajstić information content (AvgIpc) is 3.19. The molecule has 0 bridgehead atoms. The van der Waals surface area contributed by atoms with Crippen molar-refractivity contribution in [3.05, 3.63) is 23.8 Å². The molecule has 28 heavy (non-hydrogen) atoms. The summed E-state index contributed by atoms with van der Waals surface area (Å²) < 4.78 is 10.6. The third kappa shape index (κ3) is 3.57. The number of fused-ring (bicyclic) bond motifs is 1. The van der Waals surface area contributed by atoms with Crippen molar-refractivity contribution >= 4 is 23.9 Å². The molecule has 2 heterocycles. The molecule has 0 radical (unpaired) electrons. The predicted octanol–water partition coefficient (Wildman–Crippen LogP) is 0.807. The normalized spacial score (nSPS) is 21.3. The van der Waals surface area contributed by atoms with Gasteiger partial charge < -0.3 is 20.1 Å². The first kappa shape index (κ1) is 19.5. The number of ether oxygens (including phenoxy) is 2. The van der Waals surface area contributed by atoms with Crippen molar-refractivity contribution < 1.29 is 28.7 Å². The van der Waals surface area contributed by atoms with Gasteiger partial charge in [0.25, 0.3) is 5.91 Å². The second kappa shape index (κ2) is 7.37. The molecule has 0 spiro atoms. The van der Waals surface area contributed by atoms with Crippen LogP contribution in [0.4, 0.5) is 9.59 Å². The van der Waals surface area contributed by atoms with Gasteiger partial charge in [0, 0.05) is 6.04 Å². The molecule has 3 N–H and O–H groups in total. The van der Waals surface area contributed by atoms with Crippen LogP contribution in [0.3, 0.4) is 0 Å². The highest BCUT2D eigenvalue weighted by Crippen LogP contribution is 2.37. The van der Waals surface area contributed by atoms with Gasteiger partial charge in [0.2, 0.25) is 12.7 Å². The second-order valence-corrected chi connectivity index (χ2v) is 6.85. The highest BCUT2D eigenvalue weighted by atomic mass is 16.7. The van der Waals surface area contributed by atoms with Crippen LogP contribution in [0.25, 0.3) is 0 Å². The summed E-state index contributed by atoms with van der Waals surface area (Å²) in [5.41, 5.74) is -0.871. The summed E-state index contributed by atoms with van der Waals surface area (Å²) in [5, 5.41) is 7.29. The van der Waals surface area contributed by atoms with E-state index < -0.39 is 36.0 Å². The van der Waals surface area contributed by atoms with Crippen LogP contribution in [0.5, 0.6) is 11.5 Å². The summed E-state index contributed by atoms with van der Waals surface area (Å²) in [4.78, 5) is 49.8. The molecule has 10 nitrogen and oxygen atoms in total. The lowest BCUT2D eigenvalue weighted by Crippen LogP contribution is -2.48. The van der Waals surface area contributed by atoms with Crippen molar-refractivity contribution in [3.63, 3.8) is 0 Å². The van der Waals surface area contributed by atoms with E-state index in [1.807, 2.05) is 6.92 Å². The van der Waals surface area contributed by atoms with Crippen molar-refractivity contribution in [2.75, 3.05) is 13.3 Å². The van der Waals surface area contributed by atoms with Crippen LogP contribution in [0.1, 0.15) is 32.8 Å². The smallest absolute Gasteiger partial charge is 0.325 e. The highest BCUT2D eigenvalue weighted by Gasteiger charge is 2.50. The molecular weight excluding hydrogens is 368 g/mol. The van der Waals surface area contributed by atoms with E-state index in [1.165, 1.54) is 6.92 Å². The molecule has 2 aliphatic heterocycles. The minimum atomic E-state index is -1.36. The van der Waals surface area contributed by atoms with Gasteiger partial charge in [0.15, 0.2) is 11.5 Å². The maximum atomic E-state index is 12.9. The Bertz CT molecular complexity index is 841. The third-order valence-corrected chi connectivity index (χ3v) is 4.77. The van der Waals surface area contributed by atoms with Gasteiger partial charge in [-0.05, 0) is 38.0 Å². The summed E-state index contributed by atoms with van der Waals surface area (Å²) in [6, 6.07) is 3.40. The predicted molar refractivity (Wildman–Crippen MR) is 96.6 cm³/mol. The van der Waals surface area contributed by atoms with Crippen molar-refractivity contribution in [1.29, 1.82) is 0 Å². The Balaban J connectivity index is 1.69. The summed E-state index contributed by atoms with van der Waals surface area (Å²) in [5.74, 6) is -0.348. The summed E-state index contributed by atoms with van der Waals surface area (Å²) >= 11 is 0. The molecule has 1 fully saturated rings. The number of rotatable bonds is 5. The van der Waals surface area contributed by atoms with Crippen molar-refractivity contribution in [2.45, 2.75) is 38.8 Å². The van der Waals surface area contributed by atoms with E-state index >= 15 is 0 Å². The number of nitrogens with zero attached hydrogens (tertiary/aromatic N) is 1. The van der Waals surface area contributed by atoms with Crippen LogP contribution < -0.4 is 25.4 Å². The molecule has 2 atom stereocenters. The molecule has 2 aliphatic rings. The van der Waals surface area contributed by atoms with E-state index in [1.54, 1.807) is 25.1 Å². The summed E-state index contributed by atoms with van der Waals surface area (Å²) in [6.07, 6.45) is 0.697. The first-order valence-electron chi connectivity index (χ1n) is 8.89. The number of carbonyl (C=O) groups excluding carboxylic acids is 4. The number of benzene rings is 1. The molecule has 6 amide bonds. The van der Waals surface area contributed by atoms with Gasteiger partial charge in [-0.3, -0.25) is 19.8 Å². The highest BCUT2D eigenvalue weighted by molar-refractivity contribution is 6.10. The molecule has 150 valence electrons. The fraction of sp³-hybridized carbons (Fsp3) is 0.444. The van der Waals surface area contributed by atoms with Crippen LogP contribution in [0, 0.1) is 0 Å². The lowest BCUT2D eigenvalue weighted by atomic mass is 9.91. The topological polar surface area (TPSA) is 126 Å². The molecule has 0 saturated carbocycles. The van der Waals surface area contributed by atoms with Crippen LogP contribution >= 0.6 is 0 Å². The number of hydrogen-bond acceptors (Lipinski definition) is 6. The Morgan fingerprint density at radius 2 is 2.00 bits per heavy atom. The Morgan fingerprint density at radius 1 is 1.29 bits per heavy atom. The molecular formula is C18H22N4O6. The first-order valence-corrected chi connectivity index (χ1v) is 8.89. The molecule has 1 saturated heterocycles. The maximum Gasteiger partial charge on any atom is 0.325 e. The molecule has 10 heteroatoms. The van der Waals surface area contributed by atoms with Gasteiger partial charge in [-0.25, -0.2) is 9.59 Å². The van der Waals surface area contributed by atoms with E-state index in [0.717, 1.165) is 4.90 Å². The minimum Gasteiger partial charge on any atom is -0.454 e. The number of imide groups is 2. The standard InChI is InChI=1S/C18H22N4O6/c1-4-10(2)19-16(25)20-14(23)8-22-15(24)18(3,21-17(22)26)11-5-6-12-13(7-11)28-9-27-12/h5-7,10H,4,8-9H2,1-3H3,(H,21,26)(H2,19,20,23,25)/t10-,18-/m1/s1. The van der Waals surface area contributed by atoms with Crippen LogP contribution in [0.15, 0.2) is 18.2 Å².